The molecule has 0 heterocycles. The lowest BCUT2D eigenvalue weighted by Gasteiger charge is -2.40. The smallest absolute Gasteiger partial charge is 0.0704 e. The van der Waals surface area contributed by atoms with E-state index in [1.54, 1.807) is 12.7 Å². The molecule has 2 heteroatoms. The lowest BCUT2D eigenvalue weighted by molar-refractivity contribution is -0.0363. The van der Waals surface area contributed by atoms with Crippen molar-refractivity contribution in [2.75, 3.05) is 20.3 Å². The summed E-state index contributed by atoms with van der Waals surface area (Å²) in [5.41, 5.74) is 1.61. The Morgan fingerprint density at radius 3 is 2.88 bits per heavy atom. The molecule has 0 N–H and O–H groups in total. The number of hydrogen-bond acceptors (Lipinski definition) is 2. The van der Waals surface area contributed by atoms with Crippen molar-refractivity contribution in [3.05, 3.63) is 11.6 Å². The maximum absolute atomic E-state index is 5.97. The topological polar surface area (TPSA) is 18.5 Å². The molecular weight excluding hydrogens is 200 g/mol. The Labute approximate surface area is 99.0 Å². The highest BCUT2D eigenvalue weighted by atomic mass is 16.5. The van der Waals surface area contributed by atoms with Gasteiger partial charge in [0.2, 0.25) is 0 Å². The van der Waals surface area contributed by atoms with Gasteiger partial charge < -0.3 is 9.47 Å². The Hall–Kier alpha value is -0.340. The molecule has 16 heavy (non-hydrogen) atoms. The molecule has 0 spiro atoms. The van der Waals surface area contributed by atoms with E-state index >= 15 is 0 Å². The largest absolute Gasteiger partial charge is 0.382 e. The summed E-state index contributed by atoms with van der Waals surface area (Å²) in [5, 5.41) is 0. The molecule has 0 radical (unpaired) electrons. The average Bonchev–Trinajstić information content (AvgIpc) is 2.33. The lowest BCUT2D eigenvalue weighted by atomic mass is 9.69. The second-order valence-electron chi connectivity index (χ2n) is 5.14. The van der Waals surface area contributed by atoms with Crippen LogP contribution in [-0.4, -0.2) is 26.4 Å². The molecule has 0 aromatic carbocycles. The lowest BCUT2D eigenvalue weighted by Crippen LogP contribution is -2.36. The third-order valence-corrected chi connectivity index (χ3v) is 4.17. The first kappa shape index (κ1) is 12.1. The van der Waals surface area contributed by atoms with Crippen LogP contribution < -0.4 is 0 Å². The molecule has 3 unspecified atom stereocenters. The summed E-state index contributed by atoms with van der Waals surface area (Å²) in [6.45, 7) is 3.77. The van der Waals surface area contributed by atoms with Crippen LogP contribution in [0.25, 0.3) is 0 Å². The van der Waals surface area contributed by atoms with Crippen molar-refractivity contribution < 1.29 is 9.47 Å². The first-order chi connectivity index (χ1) is 7.83. The van der Waals surface area contributed by atoms with E-state index in [2.05, 4.69) is 13.0 Å². The highest BCUT2D eigenvalue weighted by Crippen LogP contribution is 2.42. The van der Waals surface area contributed by atoms with Crippen molar-refractivity contribution >= 4 is 0 Å². The van der Waals surface area contributed by atoms with Gasteiger partial charge in [-0.05, 0) is 38.0 Å². The van der Waals surface area contributed by atoms with E-state index in [0.29, 0.717) is 6.10 Å². The molecule has 0 saturated heterocycles. The van der Waals surface area contributed by atoms with E-state index < -0.39 is 0 Å². The van der Waals surface area contributed by atoms with E-state index in [-0.39, 0.29) is 0 Å². The van der Waals surface area contributed by atoms with Crippen molar-refractivity contribution in [3.8, 4) is 0 Å². The van der Waals surface area contributed by atoms with Crippen LogP contribution in [0.4, 0.5) is 0 Å². The fourth-order valence-electron chi connectivity index (χ4n) is 3.27. The molecule has 3 atom stereocenters. The van der Waals surface area contributed by atoms with Gasteiger partial charge in [-0.2, -0.15) is 0 Å². The molecule has 92 valence electrons. The van der Waals surface area contributed by atoms with Gasteiger partial charge in [0.05, 0.1) is 19.3 Å². The standard InChI is InChI=1S/C14H24O2/c1-11-7-8-14(16-10-9-15-2)13-6-4-3-5-12(11)13/h7,12-14H,3-6,8-10H2,1-2H3. The van der Waals surface area contributed by atoms with E-state index in [0.717, 1.165) is 31.5 Å². The van der Waals surface area contributed by atoms with Crippen LogP contribution in [0, 0.1) is 11.8 Å². The number of rotatable bonds is 4. The molecule has 2 aliphatic carbocycles. The molecule has 2 aliphatic rings. The summed E-state index contributed by atoms with van der Waals surface area (Å²) < 4.78 is 11.0. The quantitative estimate of drug-likeness (QED) is 0.539. The van der Waals surface area contributed by atoms with Gasteiger partial charge in [0.15, 0.2) is 0 Å². The third-order valence-electron chi connectivity index (χ3n) is 4.17. The zero-order valence-electron chi connectivity index (χ0n) is 10.6. The van der Waals surface area contributed by atoms with Gasteiger partial charge in [-0.25, -0.2) is 0 Å². The second-order valence-corrected chi connectivity index (χ2v) is 5.14. The van der Waals surface area contributed by atoms with Gasteiger partial charge in [-0.1, -0.05) is 24.5 Å². The van der Waals surface area contributed by atoms with Crippen molar-refractivity contribution in [2.45, 2.75) is 45.1 Å². The maximum atomic E-state index is 5.97. The number of methoxy groups -OCH3 is 1. The number of allylic oxidation sites excluding steroid dienone is 1. The Balaban J connectivity index is 1.93. The van der Waals surface area contributed by atoms with Crippen molar-refractivity contribution in [1.29, 1.82) is 0 Å². The zero-order valence-corrected chi connectivity index (χ0v) is 10.6. The van der Waals surface area contributed by atoms with E-state index in [4.69, 9.17) is 9.47 Å². The van der Waals surface area contributed by atoms with Gasteiger partial charge >= 0.3 is 0 Å². The van der Waals surface area contributed by atoms with Crippen molar-refractivity contribution in [3.63, 3.8) is 0 Å². The summed E-state index contributed by atoms with van der Waals surface area (Å²) in [4.78, 5) is 0. The Kier molecular flexibility index (Phi) is 4.42. The number of ether oxygens (including phenoxy) is 2. The fourth-order valence-corrected chi connectivity index (χ4v) is 3.27. The molecule has 0 aromatic rings. The summed E-state index contributed by atoms with van der Waals surface area (Å²) >= 11 is 0. The van der Waals surface area contributed by atoms with E-state index in [9.17, 15) is 0 Å². The maximum Gasteiger partial charge on any atom is 0.0704 e. The third kappa shape index (κ3) is 2.67. The van der Waals surface area contributed by atoms with Crippen LogP contribution in [0.2, 0.25) is 0 Å². The SMILES string of the molecule is COCCOC1CC=C(C)C2CCCCC12. The van der Waals surface area contributed by atoms with Crippen LogP contribution in [0.5, 0.6) is 0 Å². The minimum atomic E-state index is 0.448. The highest BCUT2D eigenvalue weighted by molar-refractivity contribution is 5.12. The summed E-state index contributed by atoms with van der Waals surface area (Å²) in [7, 11) is 1.73. The van der Waals surface area contributed by atoms with Gasteiger partial charge in [-0.3, -0.25) is 0 Å². The van der Waals surface area contributed by atoms with Gasteiger partial charge in [-0.15, -0.1) is 0 Å². The van der Waals surface area contributed by atoms with Crippen LogP contribution in [0.15, 0.2) is 11.6 Å². The first-order valence-corrected chi connectivity index (χ1v) is 6.60. The first-order valence-electron chi connectivity index (χ1n) is 6.60. The van der Waals surface area contributed by atoms with Crippen LogP contribution in [-0.2, 0) is 9.47 Å². The fraction of sp³-hybridized carbons (Fsp3) is 0.857. The molecule has 2 nitrogen and oxygen atoms in total. The molecule has 0 aliphatic heterocycles. The van der Waals surface area contributed by atoms with Crippen LogP contribution in [0.1, 0.15) is 39.0 Å². The van der Waals surface area contributed by atoms with Gasteiger partial charge in [0.1, 0.15) is 0 Å². The summed E-state index contributed by atoms with van der Waals surface area (Å²) in [6.07, 6.45) is 9.46. The van der Waals surface area contributed by atoms with E-state index in [1.807, 2.05) is 0 Å². The monoisotopic (exact) mass is 224 g/mol. The normalized spacial score (nSPS) is 34.4. The number of fused-ring (bicyclic) bond motifs is 1. The predicted octanol–water partition coefficient (Wildman–Crippen LogP) is 3.17. The zero-order chi connectivity index (χ0) is 11.4. The second kappa shape index (κ2) is 5.83. The van der Waals surface area contributed by atoms with Crippen LogP contribution >= 0.6 is 0 Å². The molecule has 0 amide bonds. The number of hydrogen-bond donors (Lipinski definition) is 0. The minimum Gasteiger partial charge on any atom is -0.382 e. The van der Waals surface area contributed by atoms with Gasteiger partial charge in [0.25, 0.3) is 0 Å². The summed E-state index contributed by atoms with van der Waals surface area (Å²) in [5.74, 6) is 1.57. The Bertz CT molecular complexity index is 247. The molecule has 1 fully saturated rings. The highest BCUT2D eigenvalue weighted by Gasteiger charge is 2.35. The van der Waals surface area contributed by atoms with Crippen LogP contribution in [0.3, 0.4) is 0 Å². The van der Waals surface area contributed by atoms with Gasteiger partial charge in [0, 0.05) is 7.11 Å². The predicted molar refractivity (Wildman–Crippen MR) is 65.4 cm³/mol. The van der Waals surface area contributed by atoms with Crippen molar-refractivity contribution in [2.24, 2.45) is 11.8 Å². The molecular formula is C14H24O2. The average molecular weight is 224 g/mol. The summed E-state index contributed by atoms with van der Waals surface area (Å²) in [6, 6.07) is 0. The molecule has 2 rings (SSSR count). The molecule has 1 saturated carbocycles. The minimum absolute atomic E-state index is 0.448. The van der Waals surface area contributed by atoms with E-state index in [1.165, 1.54) is 25.7 Å². The Morgan fingerprint density at radius 1 is 1.25 bits per heavy atom. The molecule has 0 bridgehead atoms. The van der Waals surface area contributed by atoms with Crippen molar-refractivity contribution in [1.82, 2.24) is 0 Å². The Morgan fingerprint density at radius 2 is 2.06 bits per heavy atom. The molecule has 0 aromatic heterocycles.